The fourth-order valence-corrected chi connectivity index (χ4v) is 2.33. The van der Waals surface area contributed by atoms with E-state index in [0.717, 1.165) is 6.42 Å². The molecule has 2 N–H and O–H groups in total. The molecule has 1 heterocycles. The van der Waals surface area contributed by atoms with Gasteiger partial charge in [-0.15, -0.1) is 0 Å². The lowest BCUT2D eigenvalue weighted by Gasteiger charge is -2.25. The van der Waals surface area contributed by atoms with E-state index < -0.39 is 16.9 Å². The van der Waals surface area contributed by atoms with E-state index in [0.29, 0.717) is 18.7 Å². The summed E-state index contributed by atoms with van der Waals surface area (Å²) in [6.07, 6.45) is 1.44. The van der Waals surface area contributed by atoms with Crippen molar-refractivity contribution < 1.29 is 9.72 Å². The summed E-state index contributed by atoms with van der Waals surface area (Å²) in [7, 11) is 0. The summed E-state index contributed by atoms with van der Waals surface area (Å²) < 4.78 is 0. The van der Waals surface area contributed by atoms with Crippen LogP contribution in [-0.2, 0) is 4.79 Å². The molecular weight excluding hydrogens is 248 g/mol. The van der Waals surface area contributed by atoms with Gasteiger partial charge in [-0.3, -0.25) is 14.9 Å². The number of nitro benzene ring substituents is 1. The summed E-state index contributed by atoms with van der Waals surface area (Å²) in [5.41, 5.74) is 5.89. The summed E-state index contributed by atoms with van der Waals surface area (Å²) in [6, 6.07) is 5.52. The van der Waals surface area contributed by atoms with Crippen LogP contribution in [0.5, 0.6) is 0 Å². The summed E-state index contributed by atoms with van der Waals surface area (Å²) in [4.78, 5) is 23.2. The third kappa shape index (κ3) is 2.33. The molecule has 98 valence electrons. The monoisotopic (exact) mass is 260 g/mol. The third-order valence-electron chi connectivity index (χ3n) is 3.20. The first-order chi connectivity index (χ1) is 9.04. The van der Waals surface area contributed by atoms with Crippen LogP contribution in [0.15, 0.2) is 18.2 Å². The second kappa shape index (κ2) is 4.94. The van der Waals surface area contributed by atoms with Crippen LogP contribution in [0.2, 0.25) is 0 Å². The van der Waals surface area contributed by atoms with Crippen molar-refractivity contribution in [3.8, 4) is 6.07 Å². The molecule has 0 spiro atoms. The number of primary amides is 1. The van der Waals surface area contributed by atoms with E-state index in [1.807, 2.05) is 6.07 Å². The number of benzene rings is 1. The number of nitrogens with two attached hydrogens (primary N) is 1. The first-order valence-corrected chi connectivity index (χ1v) is 5.79. The smallest absolute Gasteiger partial charge is 0.270 e. The maximum atomic E-state index is 11.3. The fraction of sp³-hybridized carbons (Fsp3) is 0.333. The maximum Gasteiger partial charge on any atom is 0.270 e. The Labute approximate surface area is 109 Å². The first kappa shape index (κ1) is 12.8. The molecule has 1 atom stereocenters. The molecule has 1 aromatic rings. The van der Waals surface area contributed by atoms with Crippen LogP contribution >= 0.6 is 0 Å². The predicted molar refractivity (Wildman–Crippen MR) is 67.4 cm³/mol. The molecule has 1 aromatic carbocycles. The molecule has 1 aliphatic rings. The average molecular weight is 260 g/mol. The van der Waals surface area contributed by atoms with Crippen LogP contribution < -0.4 is 10.6 Å². The zero-order valence-electron chi connectivity index (χ0n) is 10.1. The van der Waals surface area contributed by atoms with Gasteiger partial charge in [0.2, 0.25) is 5.91 Å². The number of nitrogens with zero attached hydrogens (tertiary/aromatic N) is 3. The number of rotatable bonds is 3. The molecule has 7 heteroatoms. The standard InChI is InChI=1S/C12H12N4O3/c13-7-8-6-9(16(18)19)3-4-10(8)15-5-1-2-11(15)12(14)17/h3-4,6,11H,1-2,5H2,(H2,14,17). The molecule has 1 fully saturated rings. The number of hydrogen-bond acceptors (Lipinski definition) is 5. The van der Waals surface area contributed by atoms with Gasteiger partial charge >= 0.3 is 0 Å². The van der Waals surface area contributed by atoms with Gasteiger partial charge in [0.15, 0.2) is 0 Å². The Hall–Kier alpha value is -2.62. The van der Waals surface area contributed by atoms with Gasteiger partial charge < -0.3 is 10.6 Å². The minimum atomic E-state index is -0.555. The summed E-state index contributed by atoms with van der Waals surface area (Å²) >= 11 is 0. The number of carbonyl (C=O) groups is 1. The highest BCUT2D eigenvalue weighted by Crippen LogP contribution is 2.30. The van der Waals surface area contributed by atoms with Crippen molar-refractivity contribution in [2.24, 2.45) is 5.73 Å². The van der Waals surface area contributed by atoms with E-state index in [1.54, 1.807) is 4.90 Å². The number of non-ortho nitro benzene ring substituents is 1. The van der Waals surface area contributed by atoms with E-state index in [2.05, 4.69) is 0 Å². The number of amides is 1. The lowest BCUT2D eigenvalue weighted by Crippen LogP contribution is -2.40. The third-order valence-corrected chi connectivity index (χ3v) is 3.20. The minimum Gasteiger partial charge on any atom is -0.368 e. The molecule has 0 radical (unpaired) electrons. The Morgan fingerprint density at radius 2 is 2.32 bits per heavy atom. The van der Waals surface area contributed by atoms with Crippen molar-refractivity contribution in [1.29, 1.82) is 5.26 Å². The highest BCUT2D eigenvalue weighted by Gasteiger charge is 2.31. The molecule has 1 unspecified atom stereocenters. The van der Waals surface area contributed by atoms with E-state index in [-0.39, 0.29) is 11.3 Å². The van der Waals surface area contributed by atoms with E-state index in [4.69, 9.17) is 11.0 Å². The fourth-order valence-electron chi connectivity index (χ4n) is 2.33. The molecular formula is C12H12N4O3. The van der Waals surface area contributed by atoms with Crippen LogP contribution in [0, 0.1) is 21.4 Å². The Bertz CT molecular complexity index is 579. The van der Waals surface area contributed by atoms with Gasteiger partial charge in [-0.1, -0.05) is 0 Å². The van der Waals surface area contributed by atoms with E-state index in [9.17, 15) is 14.9 Å². The Kier molecular flexibility index (Phi) is 3.33. The zero-order chi connectivity index (χ0) is 14.0. The predicted octanol–water partition coefficient (Wildman–Crippen LogP) is 0.921. The van der Waals surface area contributed by atoms with Crippen LogP contribution in [-0.4, -0.2) is 23.4 Å². The van der Waals surface area contributed by atoms with E-state index in [1.165, 1.54) is 18.2 Å². The highest BCUT2D eigenvalue weighted by atomic mass is 16.6. The quantitative estimate of drug-likeness (QED) is 0.641. The van der Waals surface area contributed by atoms with Crippen LogP contribution in [0.3, 0.4) is 0 Å². The lowest BCUT2D eigenvalue weighted by molar-refractivity contribution is -0.384. The molecule has 0 saturated carbocycles. The summed E-state index contributed by atoms with van der Waals surface area (Å²) in [5.74, 6) is -0.445. The number of carbonyl (C=O) groups excluding carboxylic acids is 1. The van der Waals surface area contributed by atoms with Crippen molar-refractivity contribution in [2.45, 2.75) is 18.9 Å². The van der Waals surface area contributed by atoms with Gasteiger partial charge in [-0.25, -0.2) is 0 Å². The highest BCUT2D eigenvalue weighted by molar-refractivity contribution is 5.85. The zero-order valence-corrected chi connectivity index (χ0v) is 10.1. The molecule has 0 bridgehead atoms. The lowest BCUT2D eigenvalue weighted by atomic mass is 10.1. The number of nitriles is 1. The van der Waals surface area contributed by atoms with Gasteiger partial charge in [0.05, 0.1) is 16.2 Å². The van der Waals surface area contributed by atoms with Crippen LogP contribution in [0.1, 0.15) is 18.4 Å². The van der Waals surface area contributed by atoms with Crippen molar-refractivity contribution in [1.82, 2.24) is 0 Å². The largest absolute Gasteiger partial charge is 0.368 e. The maximum absolute atomic E-state index is 11.3. The number of anilines is 1. The molecule has 1 saturated heterocycles. The second-order valence-corrected chi connectivity index (χ2v) is 4.32. The SMILES string of the molecule is N#Cc1cc([N+](=O)[O-])ccc1N1CCCC1C(N)=O. The Balaban J connectivity index is 2.42. The normalized spacial score (nSPS) is 18.1. The van der Waals surface area contributed by atoms with Gasteiger partial charge in [0.25, 0.3) is 5.69 Å². The molecule has 0 aliphatic carbocycles. The van der Waals surface area contributed by atoms with Gasteiger partial charge in [-0.05, 0) is 18.9 Å². The summed E-state index contributed by atoms with van der Waals surface area (Å²) in [5, 5.41) is 19.8. The molecule has 2 rings (SSSR count). The van der Waals surface area contributed by atoms with Gasteiger partial charge in [0, 0.05) is 18.7 Å². The molecule has 1 aliphatic heterocycles. The van der Waals surface area contributed by atoms with E-state index >= 15 is 0 Å². The van der Waals surface area contributed by atoms with Crippen LogP contribution in [0.4, 0.5) is 11.4 Å². The average Bonchev–Trinajstić information content (AvgIpc) is 2.87. The molecule has 1 amide bonds. The Morgan fingerprint density at radius 3 is 2.89 bits per heavy atom. The number of nitro groups is 1. The number of hydrogen-bond donors (Lipinski definition) is 1. The van der Waals surface area contributed by atoms with Gasteiger partial charge in [0.1, 0.15) is 12.1 Å². The van der Waals surface area contributed by atoms with Gasteiger partial charge in [-0.2, -0.15) is 5.26 Å². The van der Waals surface area contributed by atoms with Crippen molar-refractivity contribution in [2.75, 3.05) is 11.4 Å². The second-order valence-electron chi connectivity index (χ2n) is 4.32. The van der Waals surface area contributed by atoms with Crippen molar-refractivity contribution in [3.63, 3.8) is 0 Å². The summed E-state index contributed by atoms with van der Waals surface area (Å²) in [6.45, 7) is 0.611. The Morgan fingerprint density at radius 1 is 1.58 bits per heavy atom. The molecule has 7 nitrogen and oxygen atoms in total. The topological polar surface area (TPSA) is 113 Å². The van der Waals surface area contributed by atoms with Crippen molar-refractivity contribution in [3.05, 3.63) is 33.9 Å². The molecule has 0 aromatic heterocycles. The first-order valence-electron chi connectivity index (χ1n) is 5.79. The van der Waals surface area contributed by atoms with Crippen molar-refractivity contribution >= 4 is 17.3 Å². The van der Waals surface area contributed by atoms with Crippen LogP contribution in [0.25, 0.3) is 0 Å². The minimum absolute atomic E-state index is 0.143. The molecule has 19 heavy (non-hydrogen) atoms.